The SMILES string of the molecule is CS/C(C)=N\OC(=O)COc1ccc(Cl)cc1Cl. The van der Waals surface area contributed by atoms with Crippen molar-refractivity contribution in [2.24, 2.45) is 5.16 Å². The van der Waals surface area contributed by atoms with Crippen LogP contribution in [0.4, 0.5) is 0 Å². The van der Waals surface area contributed by atoms with Gasteiger partial charge in [-0.05, 0) is 31.4 Å². The Labute approximate surface area is 119 Å². The Morgan fingerprint density at radius 1 is 1.44 bits per heavy atom. The molecule has 0 bridgehead atoms. The summed E-state index contributed by atoms with van der Waals surface area (Å²) in [5.74, 6) is -0.238. The summed E-state index contributed by atoms with van der Waals surface area (Å²) in [5, 5.41) is 5.06. The lowest BCUT2D eigenvalue weighted by Gasteiger charge is -2.06. The van der Waals surface area contributed by atoms with E-state index in [1.165, 1.54) is 17.8 Å². The monoisotopic (exact) mass is 307 g/mol. The van der Waals surface area contributed by atoms with Crippen LogP contribution in [-0.2, 0) is 9.63 Å². The molecule has 0 radical (unpaired) electrons. The lowest BCUT2D eigenvalue weighted by molar-refractivity contribution is -0.145. The Hall–Kier alpha value is -0.910. The number of benzene rings is 1. The van der Waals surface area contributed by atoms with Crippen molar-refractivity contribution in [1.29, 1.82) is 0 Å². The number of carbonyl (C=O) groups is 1. The van der Waals surface area contributed by atoms with Crippen LogP contribution in [0.15, 0.2) is 23.4 Å². The van der Waals surface area contributed by atoms with Crippen LogP contribution in [0.1, 0.15) is 6.92 Å². The minimum atomic E-state index is -0.602. The molecule has 18 heavy (non-hydrogen) atoms. The Bertz CT molecular complexity index is 466. The van der Waals surface area contributed by atoms with Crippen LogP contribution >= 0.6 is 35.0 Å². The van der Waals surface area contributed by atoms with Crippen LogP contribution in [0.5, 0.6) is 5.75 Å². The molecule has 0 aromatic heterocycles. The number of halogens is 2. The number of rotatable bonds is 4. The zero-order chi connectivity index (χ0) is 13.5. The third kappa shape index (κ3) is 5.16. The average molecular weight is 308 g/mol. The van der Waals surface area contributed by atoms with Gasteiger partial charge in [-0.3, -0.25) is 0 Å². The highest BCUT2D eigenvalue weighted by molar-refractivity contribution is 8.13. The summed E-state index contributed by atoms with van der Waals surface area (Å²) in [6, 6.07) is 4.72. The van der Waals surface area contributed by atoms with Gasteiger partial charge >= 0.3 is 5.97 Å². The van der Waals surface area contributed by atoms with Gasteiger partial charge in [-0.25, -0.2) is 4.79 Å². The van der Waals surface area contributed by atoms with Crippen LogP contribution in [0, 0.1) is 0 Å². The highest BCUT2D eigenvalue weighted by Crippen LogP contribution is 2.27. The minimum Gasteiger partial charge on any atom is -0.480 e. The van der Waals surface area contributed by atoms with Gasteiger partial charge in [0.05, 0.1) is 5.02 Å². The molecule has 0 amide bonds. The van der Waals surface area contributed by atoms with E-state index in [9.17, 15) is 4.79 Å². The zero-order valence-electron chi connectivity index (χ0n) is 9.78. The summed E-state index contributed by atoms with van der Waals surface area (Å²) >= 11 is 13.0. The maximum atomic E-state index is 11.3. The van der Waals surface area contributed by atoms with E-state index in [-0.39, 0.29) is 6.61 Å². The molecule has 1 aromatic carbocycles. The fourth-order valence-corrected chi connectivity index (χ4v) is 1.48. The number of carbonyl (C=O) groups excluding carboxylic acids is 1. The molecule has 0 aliphatic rings. The zero-order valence-corrected chi connectivity index (χ0v) is 12.1. The minimum absolute atomic E-state index is 0.271. The van der Waals surface area contributed by atoms with Crippen molar-refractivity contribution in [1.82, 2.24) is 0 Å². The van der Waals surface area contributed by atoms with E-state index in [0.29, 0.717) is 20.8 Å². The second-order valence-corrected chi connectivity index (χ2v) is 4.98. The number of hydrogen-bond acceptors (Lipinski definition) is 5. The molecule has 0 atom stereocenters. The van der Waals surface area contributed by atoms with Gasteiger partial charge in [0, 0.05) is 5.02 Å². The van der Waals surface area contributed by atoms with Crippen molar-refractivity contribution in [3.05, 3.63) is 28.2 Å². The van der Waals surface area contributed by atoms with E-state index >= 15 is 0 Å². The number of hydrogen-bond donors (Lipinski definition) is 0. The van der Waals surface area contributed by atoms with Crippen LogP contribution in [0.2, 0.25) is 10.0 Å². The van der Waals surface area contributed by atoms with Gasteiger partial charge in [0.25, 0.3) is 0 Å². The number of oxime groups is 1. The highest BCUT2D eigenvalue weighted by Gasteiger charge is 2.07. The third-order valence-corrected chi connectivity index (χ3v) is 3.01. The molecule has 7 heteroatoms. The molecule has 0 saturated heterocycles. The molecule has 0 N–H and O–H groups in total. The first-order chi connectivity index (χ1) is 8.52. The topological polar surface area (TPSA) is 47.9 Å². The van der Waals surface area contributed by atoms with Crippen LogP contribution in [0.3, 0.4) is 0 Å². The van der Waals surface area contributed by atoms with E-state index in [0.717, 1.165) is 0 Å². The summed E-state index contributed by atoms with van der Waals surface area (Å²) in [4.78, 5) is 15.9. The molecule has 4 nitrogen and oxygen atoms in total. The van der Waals surface area contributed by atoms with Gasteiger partial charge in [0.15, 0.2) is 6.61 Å². The molecular formula is C11H11Cl2NO3S. The maximum absolute atomic E-state index is 11.3. The van der Waals surface area contributed by atoms with Gasteiger partial charge in [-0.15, -0.1) is 11.8 Å². The molecular weight excluding hydrogens is 297 g/mol. The predicted molar refractivity (Wildman–Crippen MR) is 74.7 cm³/mol. The molecule has 1 aromatic rings. The van der Waals surface area contributed by atoms with E-state index in [2.05, 4.69) is 9.99 Å². The van der Waals surface area contributed by atoms with E-state index in [4.69, 9.17) is 27.9 Å². The van der Waals surface area contributed by atoms with Crippen molar-refractivity contribution in [2.75, 3.05) is 12.9 Å². The van der Waals surface area contributed by atoms with Gasteiger partial charge in [0.2, 0.25) is 0 Å². The molecule has 1 rings (SSSR count). The number of ether oxygens (including phenoxy) is 1. The van der Waals surface area contributed by atoms with Crippen LogP contribution in [0.25, 0.3) is 0 Å². The standard InChI is InChI=1S/C11H11Cl2NO3S/c1-7(18-2)14-17-11(15)6-16-10-4-3-8(12)5-9(10)13/h3-5H,6H2,1-2H3/b14-7-. The lowest BCUT2D eigenvalue weighted by atomic mass is 10.3. The Morgan fingerprint density at radius 2 is 2.17 bits per heavy atom. The molecule has 0 spiro atoms. The van der Waals surface area contributed by atoms with E-state index in [1.54, 1.807) is 19.1 Å². The van der Waals surface area contributed by atoms with Crippen molar-refractivity contribution in [3.63, 3.8) is 0 Å². The first-order valence-electron chi connectivity index (χ1n) is 4.89. The highest BCUT2D eigenvalue weighted by atomic mass is 35.5. The number of thioether (sulfide) groups is 1. The first kappa shape index (κ1) is 15.1. The fraction of sp³-hybridized carbons (Fsp3) is 0.273. The third-order valence-electron chi connectivity index (χ3n) is 1.81. The van der Waals surface area contributed by atoms with Gasteiger partial charge in [-0.1, -0.05) is 28.4 Å². The van der Waals surface area contributed by atoms with Crippen LogP contribution in [-0.4, -0.2) is 23.9 Å². The molecule has 0 aliphatic carbocycles. The van der Waals surface area contributed by atoms with Crippen molar-refractivity contribution >= 4 is 46.0 Å². The second kappa shape index (κ2) is 7.51. The summed E-state index contributed by atoms with van der Waals surface area (Å²) in [6.07, 6.45) is 1.83. The normalized spacial score (nSPS) is 11.2. The quantitative estimate of drug-likeness (QED) is 0.369. The molecule has 0 heterocycles. The molecule has 0 fully saturated rings. The largest absolute Gasteiger partial charge is 0.480 e. The maximum Gasteiger partial charge on any atom is 0.372 e. The predicted octanol–water partition coefficient (Wildman–Crippen LogP) is 3.61. The first-order valence-corrected chi connectivity index (χ1v) is 6.87. The van der Waals surface area contributed by atoms with E-state index < -0.39 is 5.97 Å². The van der Waals surface area contributed by atoms with Crippen molar-refractivity contribution in [3.8, 4) is 5.75 Å². The average Bonchev–Trinajstić information content (AvgIpc) is 2.34. The summed E-state index contributed by atoms with van der Waals surface area (Å²) in [5.41, 5.74) is 0. The Kier molecular flexibility index (Phi) is 6.32. The number of nitrogens with zero attached hydrogens (tertiary/aromatic N) is 1. The fourth-order valence-electron chi connectivity index (χ4n) is 0.908. The lowest BCUT2D eigenvalue weighted by Crippen LogP contribution is -2.13. The summed E-state index contributed by atoms with van der Waals surface area (Å²) in [6.45, 7) is 1.46. The van der Waals surface area contributed by atoms with E-state index in [1.807, 2.05) is 6.26 Å². The van der Waals surface area contributed by atoms with Gasteiger partial charge in [-0.2, -0.15) is 0 Å². The Morgan fingerprint density at radius 3 is 2.78 bits per heavy atom. The molecule has 98 valence electrons. The van der Waals surface area contributed by atoms with Crippen LogP contribution < -0.4 is 4.74 Å². The molecule has 0 saturated carbocycles. The Balaban J connectivity index is 2.47. The van der Waals surface area contributed by atoms with Gasteiger partial charge in [0.1, 0.15) is 10.8 Å². The van der Waals surface area contributed by atoms with Crippen molar-refractivity contribution in [2.45, 2.75) is 6.92 Å². The summed E-state index contributed by atoms with van der Waals surface area (Å²) < 4.78 is 5.18. The molecule has 0 aliphatic heterocycles. The summed E-state index contributed by atoms with van der Waals surface area (Å²) in [7, 11) is 0. The molecule has 0 unspecified atom stereocenters. The second-order valence-electron chi connectivity index (χ2n) is 3.14. The van der Waals surface area contributed by atoms with Crippen molar-refractivity contribution < 1.29 is 14.4 Å². The van der Waals surface area contributed by atoms with Gasteiger partial charge < -0.3 is 9.57 Å². The smallest absolute Gasteiger partial charge is 0.372 e.